The number of aromatic amines is 1. The van der Waals surface area contributed by atoms with Gasteiger partial charge in [-0.3, -0.25) is 19.4 Å². The molecule has 96 valence electrons. The van der Waals surface area contributed by atoms with Gasteiger partial charge in [0.1, 0.15) is 11.8 Å². The molecular weight excluding hydrogens is 266 g/mol. The molecule has 0 atom stereocenters. The molecule has 0 amide bonds. The molecule has 7 nitrogen and oxygen atoms in total. The number of aromatic nitrogens is 4. The van der Waals surface area contributed by atoms with Crippen molar-refractivity contribution in [3.8, 4) is 6.07 Å². The Hall–Kier alpha value is -2.40. The number of hydrogen-bond donors (Lipinski definition) is 1. The van der Waals surface area contributed by atoms with Crippen molar-refractivity contribution in [3.63, 3.8) is 0 Å². The number of H-pyrrole nitrogens is 1. The van der Waals surface area contributed by atoms with Gasteiger partial charge in [0, 0.05) is 19.0 Å². The first-order valence-corrected chi connectivity index (χ1v) is 6.24. The Morgan fingerprint density at radius 1 is 1.53 bits per heavy atom. The van der Waals surface area contributed by atoms with Gasteiger partial charge in [0.2, 0.25) is 0 Å². The second-order valence-electron chi connectivity index (χ2n) is 3.61. The third-order valence-corrected chi connectivity index (χ3v) is 3.38. The zero-order chi connectivity index (χ0) is 13.8. The third-order valence-electron chi connectivity index (χ3n) is 2.30. The van der Waals surface area contributed by atoms with Crippen molar-refractivity contribution < 1.29 is 0 Å². The molecule has 8 heteroatoms. The summed E-state index contributed by atoms with van der Waals surface area (Å²) >= 11 is 1.24. The number of aryl methyl sites for hydroxylation is 1. The number of hydrogen-bond acceptors (Lipinski definition) is 6. The van der Waals surface area contributed by atoms with Crippen molar-refractivity contribution in [1.29, 1.82) is 5.26 Å². The standard InChI is InChI=1S/C11H9N5O2S/c1-16-11(14-9(17)10(18)15-16)19-6-7-3-2-4-13-8(7)5-12/h2-4H,6H2,1H3,(H,15,18). The summed E-state index contributed by atoms with van der Waals surface area (Å²) in [5.74, 6) is 0.434. The fraction of sp³-hybridized carbons (Fsp3) is 0.182. The average molecular weight is 275 g/mol. The van der Waals surface area contributed by atoms with Crippen molar-refractivity contribution in [2.45, 2.75) is 10.9 Å². The van der Waals surface area contributed by atoms with E-state index in [2.05, 4.69) is 15.1 Å². The van der Waals surface area contributed by atoms with Crippen LogP contribution in [0.4, 0.5) is 0 Å². The topological polar surface area (TPSA) is 104 Å². The molecular formula is C11H9N5O2S. The van der Waals surface area contributed by atoms with E-state index in [0.29, 0.717) is 16.6 Å². The van der Waals surface area contributed by atoms with E-state index in [1.54, 1.807) is 25.4 Å². The van der Waals surface area contributed by atoms with Crippen LogP contribution >= 0.6 is 11.8 Å². The van der Waals surface area contributed by atoms with E-state index in [1.165, 1.54) is 16.4 Å². The summed E-state index contributed by atoms with van der Waals surface area (Å²) in [4.78, 5) is 29.8. The van der Waals surface area contributed by atoms with Crippen LogP contribution < -0.4 is 11.1 Å². The molecule has 0 radical (unpaired) electrons. The Morgan fingerprint density at radius 2 is 2.32 bits per heavy atom. The molecule has 2 aromatic heterocycles. The first-order valence-electron chi connectivity index (χ1n) is 5.26. The fourth-order valence-electron chi connectivity index (χ4n) is 1.39. The van der Waals surface area contributed by atoms with Gasteiger partial charge in [-0.2, -0.15) is 10.2 Å². The van der Waals surface area contributed by atoms with Crippen LogP contribution in [0, 0.1) is 11.3 Å². The van der Waals surface area contributed by atoms with Crippen LogP contribution in [0.1, 0.15) is 11.3 Å². The summed E-state index contributed by atoms with van der Waals surface area (Å²) in [5, 5.41) is 11.6. The Labute approximate surface area is 111 Å². The summed E-state index contributed by atoms with van der Waals surface area (Å²) in [6, 6.07) is 5.51. The van der Waals surface area contributed by atoms with Crippen LogP contribution in [0.3, 0.4) is 0 Å². The molecule has 2 aromatic rings. The van der Waals surface area contributed by atoms with Crippen LogP contribution in [-0.4, -0.2) is 19.7 Å². The number of rotatable bonds is 3. The lowest BCUT2D eigenvalue weighted by Gasteiger charge is -2.06. The number of thioether (sulfide) groups is 1. The predicted molar refractivity (Wildman–Crippen MR) is 68.6 cm³/mol. The number of pyridine rings is 1. The van der Waals surface area contributed by atoms with Crippen molar-refractivity contribution in [2.75, 3.05) is 0 Å². The zero-order valence-electron chi connectivity index (χ0n) is 9.95. The van der Waals surface area contributed by atoms with Gasteiger partial charge in [-0.15, -0.1) is 0 Å². The summed E-state index contributed by atoms with van der Waals surface area (Å²) in [5.41, 5.74) is -0.502. The van der Waals surface area contributed by atoms with Gasteiger partial charge >= 0.3 is 11.1 Å². The van der Waals surface area contributed by atoms with Gasteiger partial charge in [-0.25, -0.2) is 4.98 Å². The maximum absolute atomic E-state index is 11.2. The third kappa shape index (κ3) is 2.89. The van der Waals surface area contributed by atoms with Gasteiger partial charge < -0.3 is 0 Å². The number of nitrogens with one attached hydrogen (secondary N) is 1. The Kier molecular flexibility index (Phi) is 3.77. The first kappa shape index (κ1) is 13.0. The molecule has 0 saturated heterocycles. The van der Waals surface area contributed by atoms with Gasteiger partial charge in [0.05, 0.1) is 0 Å². The highest BCUT2D eigenvalue weighted by atomic mass is 32.2. The summed E-state index contributed by atoms with van der Waals surface area (Å²) in [6.45, 7) is 0. The highest BCUT2D eigenvalue weighted by Gasteiger charge is 2.07. The highest BCUT2D eigenvalue weighted by molar-refractivity contribution is 7.98. The monoisotopic (exact) mass is 275 g/mol. The lowest BCUT2D eigenvalue weighted by molar-refractivity contribution is 0.596. The lowest BCUT2D eigenvalue weighted by atomic mass is 10.2. The molecule has 0 spiro atoms. The van der Waals surface area contributed by atoms with E-state index in [0.717, 1.165) is 5.56 Å². The minimum absolute atomic E-state index is 0.337. The summed E-state index contributed by atoms with van der Waals surface area (Å²) in [6.07, 6.45) is 1.54. The molecule has 0 aliphatic carbocycles. The van der Waals surface area contributed by atoms with Crippen LogP contribution in [0.2, 0.25) is 0 Å². The smallest absolute Gasteiger partial charge is 0.265 e. The fourth-order valence-corrected chi connectivity index (χ4v) is 2.29. The van der Waals surface area contributed by atoms with Crippen molar-refractivity contribution in [1.82, 2.24) is 19.7 Å². The normalized spacial score (nSPS) is 10.1. The van der Waals surface area contributed by atoms with E-state index in [1.807, 2.05) is 6.07 Å². The lowest BCUT2D eigenvalue weighted by Crippen LogP contribution is -2.33. The average Bonchev–Trinajstić information content (AvgIpc) is 2.41. The maximum atomic E-state index is 11.2. The second-order valence-corrected chi connectivity index (χ2v) is 4.55. The Balaban J connectivity index is 2.24. The minimum atomic E-state index is -0.827. The predicted octanol–water partition coefficient (Wildman–Crippen LogP) is 0.0276. The van der Waals surface area contributed by atoms with Crippen molar-refractivity contribution >= 4 is 11.8 Å². The minimum Gasteiger partial charge on any atom is -0.265 e. The molecule has 19 heavy (non-hydrogen) atoms. The maximum Gasteiger partial charge on any atom is 0.339 e. The molecule has 0 aliphatic heterocycles. The van der Waals surface area contributed by atoms with Crippen LogP contribution in [-0.2, 0) is 12.8 Å². The molecule has 0 unspecified atom stereocenters. The molecule has 2 heterocycles. The molecule has 0 aromatic carbocycles. The number of nitriles is 1. The first-order chi connectivity index (χ1) is 9.11. The van der Waals surface area contributed by atoms with Crippen LogP contribution in [0.15, 0.2) is 33.1 Å². The van der Waals surface area contributed by atoms with E-state index in [4.69, 9.17) is 5.26 Å². The van der Waals surface area contributed by atoms with E-state index < -0.39 is 11.1 Å². The quantitative estimate of drug-likeness (QED) is 0.626. The molecule has 0 fully saturated rings. The Morgan fingerprint density at radius 3 is 3.05 bits per heavy atom. The van der Waals surface area contributed by atoms with Crippen molar-refractivity contribution in [3.05, 3.63) is 50.3 Å². The summed E-state index contributed by atoms with van der Waals surface area (Å²) in [7, 11) is 1.59. The van der Waals surface area contributed by atoms with Gasteiger partial charge in [-0.1, -0.05) is 17.8 Å². The van der Waals surface area contributed by atoms with E-state index in [-0.39, 0.29) is 0 Å². The summed E-state index contributed by atoms with van der Waals surface area (Å²) < 4.78 is 1.37. The molecule has 0 saturated carbocycles. The second kappa shape index (κ2) is 5.49. The SMILES string of the molecule is Cn1[nH]c(=O)c(=O)nc1SCc1cccnc1C#N. The zero-order valence-corrected chi connectivity index (χ0v) is 10.8. The highest BCUT2D eigenvalue weighted by Crippen LogP contribution is 2.19. The molecule has 1 N–H and O–H groups in total. The molecule has 0 aliphatic rings. The van der Waals surface area contributed by atoms with E-state index >= 15 is 0 Å². The van der Waals surface area contributed by atoms with Gasteiger partial charge in [0.25, 0.3) is 0 Å². The van der Waals surface area contributed by atoms with Gasteiger partial charge in [0.15, 0.2) is 5.16 Å². The molecule has 0 bridgehead atoms. The van der Waals surface area contributed by atoms with Crippen LogP contribution in [0.5, 0.6) is 0 Å². The van der Waals surface area contributed by atoms with Gasteiger partial charge in [-0.05, 0) is 11.6 Å². The largest absolute Gasteiger partial charge is 0.339 e. The Bertz CT molecular complexity index is 759. The number of nitrogens with zero attached hydrogens (tertiary/aromatic N) is 4. The van der Waals surface area contributed by atoms with Crippen LogP contribution in [0.25, 0.3) is 0 Å². The van der Waals surface area contributed by atoms with E-state index in [9.17, 15) is 9.59 Å². The van der Waals surface area contributed by atoms with Crippen molar-refractivity contribution in [2.24, 2.45) is 7.05 Å². The molecule has 2 rings (SSSR count).